The van der Waals surface area contributed by atoms with Crippen molar-refractivity contribution in [1.82, 2.24) is 14.9 Å². The summed E-state index contributed by atoms with van der Waals surface area (Å²) >= 11 is 5.95. The van der Waals surface area contributed by atoms with E-state index in [0.29, 0.717) is 23.1 Å². The Bertz CT molecular complexity index is 1410. The summed E-state index contributed by atoms with van der Waals surface area (Å²) in [5.41, 5.74) is 2.06. The number of halogens is 1. The number of ether oxygens (including phenoxy) is 1. The molecule has 0 aliphatic heterocycles. The number of hydrogen-bond acceptors (Lipinski definition) is 5. The van der Waals surface area contributed by atoms with E-state index in [1.807, 2.05) is 42.0 Å². The Hall–Kier alpha value is -3.82. The summed E-state index contributed by atoms with van der Waals surface area (Å²) < 4.78 is 35.5. The molecule has 10 heteroatoms. The van der Waals surface area contributed by atoms with Crippen molar-refractivity contribution in [3.8, 4) is 11.4 Å². The maximum Gasteiger partial charge on any atom is 0.264 e. The molecule has 4 rings (SSSR count). The van der Waals surface area contributed by atoms with Crippen LogP contribution in [0.2, 0.25) is 5.02 Å². The first-order valence-electron chi connectivity index (χ1n) is 11.2. The molecule has 0 aliphatic rings. The van der Waals surface area contributed by atoms with Crippen molar-refractivity contribution in [3.05, 3.63) is 102 Å². The highest BCUT2D eigenvalue weighted by atomic mass is 35.5. The van der Waals surface area contributed by atoms with Crippen molar-refractivity contribution >= 4 is 33.2 Å². The van der Waals surface area contributed by atoms with Crippen LogP contribution in [0.25, 0.3) is 5.69 Å². The van der Waals surface area contributed by atoms with Crippen molar-refractivity contribution in [2.75, 3.05) is 17.5 Å². The van der Waals surface area contributed by atoms with E-state index in [0.717, 1.165) is 15.6 Å². The monoisotopic (exact) mass is 524 g/mol. The summed E-state index contributed by atoms with van der Waals surface area (Å²) in [4.78, 5) is 17.1. The molecule has 3 aromatic carbocycles. The molecule has 1 heterocycles. The number of anilines is 1. The highest BCUT2D eigenvalue weighted by Crippen LogP contribution is 2.26. The molecular formula is C26H25ClN4O4S. The highest BCUT2D eigenvalue weighted by Gasteiger charge is 2.27. The van der Waals surface area contributed by atoms with Crippen molar-refractivity contribution in [1.29, 1.82) is 0 Å². The van der Waals surface area contributed by atoms with Gasteiger partial charge in [0.05, 0.1) is 29.2 Å². The van der Waals surface area contributed by atoms with Gasteiger partial charge in [-0.1, -0.05) is 29.8 Å². The van der Waals surface area contributed by atoms with Gasteiger partial charge in [-0.3, -0.25) is 9.10 Å². The van der Waals surface area contributed by atoms with E-state index in [4.69, 9.17) is 16.3 Å². The molecule has 1 amide bonds. The van der Waals surface area contributed by atoms with Gasteiger partial charge in [0.2, 0.25) is 5.91 Å². The molecule has 8 nitrogen and oxygen atoms in total. The molecule has 0 atom stereocenters. The summed E-state index contributed by atoms with van der Waals surface area (Å²) in [6.07, 6.45) is 5.16. The Labute approximate surface area is 215 Å². The standard InChI is InChI=1S/C26H25ClN4O4S/c1-2-35-23-11-9-22(10-12-23)31(36(33,34)24-13-7-21(27)8-14-24)18-26(32)29-17-20-5-3-4-6-25(20)30-16-15-28-19-30/h3-16,19H,2,17-18H2,1H3,(H,29,32). The Morgan fingerprint density at radius 2 is 1.78 bits per heavy atom. The highest BCUT2D eigenvalue weighted by molar-refractivity contribution is 7.92. The van der Waals surface area contributed by atoms with E-state index >= 15 is 0 Å². The smallest absolute Gasteiger partial charge is 0.264 e. The molecule has 0 fully saturated rings. The van der Waals surface area contributed by atoms with Crippen LogP contribution in [0.4, 0.5) is 5.69 Å². The quantitative estimate of drug-likeness (QED) is 0.331. The van der Waals surface area contributed by atoms with Crippen LogP contribution in [0.5, 0.6) is 5.75 Å². The van der Waals surface area contributed by atoms with Gasteiger partial charge in [0.15, 0.2) is 0 Å². The van der Waals surface area contributed by atoms with Gasteiger partial charge >= 0.3 is 0 Å². The number of aromatic nitrogens is 2. The number of carbonyl (C=O) groups excluding carboxylic acids is 1. The van der Waals surface area contributed by atoms with Crippen molar-refractivity contribution in [2.24, 2.45) is 0 Å². The van der Waals surface area contributed by atoms with Gasteiger partial charge in [-0.2, -0.15) is 0 Å². The van der Waals surface area contributed by atoms with E-state index < -0.39 is 22.5 Å². The van der Waals surface area contributed by atoms with E-state index in [9.17, 15) is 13.2 Å². The summed E-state index contributed by atoms with van der Waals surface area (Å²) in [7, 11) is -4.06. The van der Waals surface area contributed by atoms with E-state index in [1.165, 1.54) is 24.3 Å². The van der Waals surface area contributed by atoms with Crippen LogP contribution in [0.15, 0.2) is 96.4 Å². The lowest BCUT2D eigenvalue weighted by Crippen LogP contribution is -2.40. The maximum atomic E-state index is 13.5. The zero-order chi connectivity index (χ0) is 25.5. The molecule has 1 N–H and O–H groups in total. The summed E-state index contributed by atoms with van der Waals surface area (Å²) in [6.45, 7) is 2.15. The fourth-order valence-corrected chi connectivity index (χ4v) is 5.17. The normalized spacial score (nSPS) is 11.2. The fraction of sp³-hybridized carbons (Fsp3) is 0.154. The second-order valence-corrected chi connectivity index (χ2v) is 10.1. The minimum Gasteiger partial charge on any atom is -0.494 e. The fourth-order valence-electron chi connectivity index (χ4n) is 3.62. The lowest BCUT2D eigenvalue weighted by atomic mass is 10.1. The Morgan fingerprint density at radius 3 is 2.44 bits per heavy atom. The van der Waals surface area contributed by atoms with E-state index in [2.05, 4.69) is 10.3 Å². The van der Waals surface area contributed by atoms with Gasteiger partial charge in [-0.05, 0) is 67.1 Å². The largest absolute Gasteiger partial charge is 0.494 e. The zero-order valence-corrected chi connectivity index (χ0v) is 21.1. The average molecular weight is 525 g/mol. The third-order valence-electron chi connectivity index (χ3n) is 5.37. The van der Waals surface area contributed by atoms with Crippen molar-refractivity contribution < 1.29 is 17.9 Å². The predicted molar refractivity (Wildman–Crippen MR) is 139 cm³/mol. The number of rotatable bonds is 10. The van der Waals surface area contributed by atoms with Gasteiger partial charge < -0.3 is 14.6 Å². The molecule has 36 heavy (non-hydrogen) atoms. The number of para-hydroxylation sites is 1. The lowest BCUT2D eigenvalue weighted by molar-refractivity contribution is -0.119. The molecule has 0 aliphatic carbocycles. The van der Waals surface area contributed by atoms with E-state index in [1.54, 1.807) is 36.8 Å². The molecule has 0 saturated carbocycles. The number of hydrogen-bond donors (Lipinski definition) is 1. The second kappa shape index (κ2) is 11.3. The number of nitrogens with one attached hydrogen (secondary N) is 1. The molecule has 0 bridgehead atoms. The summed E-state index contributed by atoms with van der Waals surface area (Å²) in [5.74, 6) is 0.146. The average Bonchev–Trinajstić information content (AvgIpc) is 3.42. The number of benzene rings is 3. The van der Waals surface area contributed by atoms with Crippen molar-refractivity contribution in [2.45, 2.75) is 18.4 Å². The molecule has 0 saturated heterocycles. The molecule has 0 spiro atoms. The molecular weight excluding hydrogens is 500 g/mol. The van der Waals surface area contributed by atoms with E-state index in [-0.39, 0.29) is 11.4 Å². The first kappa shape index (κ1) is 25.3. The first-order valence-corrected chi connectivity index (χ1v) is 13.0. The third kappa shape index (κ3) is 5.87. The second-order valence-electron chi connectivity index (χ2n) is 7.77. The predicted octanol–water partition coefficient (Wildman–Crippen LogP) is 4.44. The minimum absolute atomic E-state index is 0.0269. The lowest BCUT2D eigenvalue weighted by Gasteiger charge is -2.24. The van der Waals surface area contributed by atoms with Crippen LogP contribution >= 0.6 is 11.6 Å². The zero-order valence-electron chi connectivity index (χ0n) is 19.5. The molecule has 186 valence electrons. The van der Waals surface area contributed by atoms with Crippen molar-refractivity contribution in [3.63, 3.8) is 0 Å². The van der Waals surface area contributed by atoms with Crippen LogP contribution in [-0.2, 0) is 21.4 Å². The molecule has 1 aromatic heterocycles. The number of sulfonamides is 1. The Morgan fingerprint density at radius 1 is 1.06 bits per heavy atom. The number of carbonyl (C=O) groups is 1. The molecule has 0 radical (unpaired) electrons. The number of imidazole rings is 1. The SMILES string of the molecule is CCOc1ccc(N(CC(=O)NCc2ccccc2-n2ccnc2)S(=O)(=O)c2ccc(Cl)cc2)cc1. The van der Waals surface area contributed by atoms with Crippen LogP contribution in [0.3, 0.4) is 0 Å². The van der Waals surface area contributed by atoms with Gasteiger partial charge in [-0.25, -0.2) is 13.4 Å². The Kier molecular flexibility index (Phi) is 7.92. The van der Waals surface area contributed by atoms with Crippen LogP contribution in [-0.4, -0.2) is 37.0 Å². The first-order chi connectivity index (χ1) is 17.4. The topological polar surface area (TPSA) is 93.5 Å². The summed E-state index contributed by atoms with van der Waals surface area (Å²) in [6, 6.07) is 20.0. The van der Waals surface area contributed by atoms with Gasteiger partial charge in [0, 0.05) is 24.0 Å². The Balaban J connectivity index is 1.57. The van der Waals surface area contributed by atoms with Gasteiger partial charge in [0.25, 0.3) is 10.0 Å². The van der Waals surface area contributed by atoms with Crippen LogP contribution in [0.1, 0.15) is 12.5 Å². The summed E-state index contributed by atoms with van der Waals surface area (Å²) in [5, 5.41) is 3.25. The van der Waals surface area contributed by atoms with Gasteiger partial charge in [0.1, 0.15) is 12.3 Å². The maximum absolute atomic E-state index is 13.5. The number of amides is 1. The van der Waals surface area contributed by atoms with Gasteiger partial charge in [-0.15, -0.1) is 0 Å². The number of nitrogens with zero attached hydrogens (tertiary/aromatic N) is 3. The molecule has 4 aromatic rings. The van der Waals surface area contributed by atoms with Crippen LogP contribution in [0, 0.1) is 0 Å². The molecule has 0 unspecified atom stereocenters. The van der Waals surface area contributed by atoms with Crippen LogP contribution < -0.4 is 14.4 Å². The minimum atomic E-state index is -4.06. The third-order valence-corrected chi connectivity index (χ3v) is 7.41.